The van der Waals surface area contributed by atoms with Gasteiger partial charge in [-0.05, 0) is 111 Å². The zero-order valence-electron chi connectivity index (χ0n) is 30.5. The Hall–Kier alpha value is -4.88. The van der Waals surface area contributed by atoms with Crippen molar-refractivity contribution in [3.8, 4) is 33.4 Å². The van der Waals surface area contributed by atoms with E-state index in [1.54, 1.807) is 0 Å². The lowest BCUT2D eigenvalue weighted by atomic mass is 9.79. The Labute approximate surface area is 293 Å². The van der Waals surface area contributed by atoms with Gasteiger partial charge in [-0.1, -0.05) is 145 Å². The van der Waals surface area contributed by atoms with Crippen LogP contribution in [0.25, 0.3) is 33.4 Å². The number of fused-ring (bicyclic) bond motifs is 6. The summed E-state index contributed by atoms with van der Waals surface area (Å²) in [6, 6.07) is 46.2. The fourth-order valence-electron chi connectivity index (χ4n) is 8.60. The zero-order valence-corrected chi connectivity index (χ0v) is 30.5. The summed E-state index contributed by atoms with van der Waals surface area (Å²) >= 11 is 0. The van der Waals surface area contributed by atoms with Crippen molar-refractivity contribution in [1.82, 2.24) is 0 Å². The lowest BCUT2D eigenvalue weighted by molar-refractivity contribution is 0.584. The summed E-state index contributed by atoms with van der Waals surface area (Å²) in [5.74, 6) is 0. The molecule has 49 heavy (non-hydrogen) atoms. The highest BCUT2D eigenvalue weighted by atomic mass is 15.1. The van der Waals surface area contributed by atoms with E-state index in [1.807, 2.05) is 0 Å². The summed E-state index contributed by atoms with van der Waals surface area (Å²) in [5, 5.41) is 0. The van der Waals surface area contributed by atoms with Gasteiger partial charge in [0.25, 0.3) is 0 Å². The Morgan fingerprint density at radius 1 is 0.449 bits per heavy atom. The maximum absolute atomic E-state index is 2.51. The second-order valence-corrected chi connectivity index (χ2v) is 16.4. The van der Waals surface area contributed by atoms with Crippen molar-refractivity contribution >= 4 is 17.1 Å². The molecule has 6 aromatic carbocycles. The van der Waals surface area contributed by atoms with E-state index in [2.05, 4.69) is 189 Å². The Morgan fingerprint density at radius 3 is 1.55 bits per heavy atom. The first-order valence-corrected chi connectivity index (χ1v) is 17.8. The molecule has 0 aliphatic heterocycles. The van der Waals surface area contributed by atoms with Gasteiger partial charge in [0.05, 0.1) is 5.69 Å². The van der Waals surface area contributed by atoms with Gasteiger partial charge in [-0.3, -0.25) is 0 Å². The van der Waals surface area contributed by atoms with E-state index in [4.69, 9.17) is 0 Å². The first-order chi connectivity index (χ1) is 23.3. The molecule has 0 atom stereocenters. The van der Waals surface area contributed by atoms with Gasteiger partial charge in [0.1, 0.15) is 0 Å². The summed E-state index contributed by atoms with van der Waals surface area (Å²) < 4.78 is 0. The van der Waals surface area contributed by atoms with Crippen LogP contribution in [0, 0.1) is 13.8 Å². The van der Waals surface area contributed by atoms with Crippen molar-refractivity contribution in [3.05, 3.63) is 160 Å². The third-order valence-corrected chi connectivity index (χ3v) is 11.4. The van der Waals surface area contributed by atoms with E-state index in [0.29, 0.717) is 0 Å². The summed E-state index contributed by atoms with van der Waals surface area (Å²) in [6.07, 6.45) is 0. The molecule has 2 aliphatic rings. The standard InChI is InChI=1S/C48H47N/c1-30-18-22-35(31(2)26-30)40-15-11-13-17-45(40)49(33-20-24-38-36-14-10-12-16-41(36)47(6,7)43(38)28-33)34-21-25-39-37-23-19-32(46(3,4)5)27-42(37)48(8,9)44(39)29-34/h10-29H,1-9H3. The van der Waals surface area contributed by atoms with Crippen LogP contribution in [0.4, 0.5) is 17.1 Å². The molecule has 0 aromatic heterocycles. The van der Waals surface area contributed by atoms with Gasteiger partial charge in [-0.2, -0.15) is 0 Å². The van der Waals surface area contributed by atoms with Gasteiger partial charge >= 0.3 is 0 Å². The van der Waals surface area contributed by atoms with Crippen LogP contribution in [0.2, 0.25) is 0 Å². The summed E-state index contributed by atoms with van der Waals surface area (Å²) in [4.78, 5) is 2.51. The quantitative estimate of drug-likeness (QED) is 0.186. The minimum atomic E-state index is -0.123. The topological polar surface area (TPSA) is 3.24 Å². The molecule has 0 fully saturated rings. The van der Waals surface area contributed by atoms with Crippen molar-refractivity contribution in [1.29, 1.82) is 0 Å². The van der Waals surface area contributed by atoms with Crippen LogP contribution in [0.3, 0.4) is 0 Å². The molecule has 0 saturated carbocycles. The van der Waals surface area contributed by atoms with Crippen molar-refractivity contribution in [2.45, 2.75) is 78.6 Å². The molecule has 1 heteroatoms. The molecule has 0 spiro atoms. The molecule has 0 N–H and O–H groups in total. The van der Waals surface area contributed by atoms with Crippen molar-refractivity contribution in [2.24, 2.45) is 0 Å². The molecule has 0 saturated heterocycles. The minimum Gasteiger partial charge on any atom is -0.310 e. The molecule has 0 amide bonds. The highest BCUT2D eigenvalue weighted by Crippen LogP contribution is 2.54. The maximum atomic E-state index is 2.51. The van der Waals surface area contributed by atoms with E-state index in [0.717, 1.165) is 0 Å². The van der Waals surface area contributed by atoms with E-state index in [9.17, 15) is 0 Å². The molecule has 8 rings (SSSR count). The van der Waals surface area contributed by atoms with Gasteiger partial charge in [0.2, 0.25) is 0 Å². The molecule has 1 nitrogen and oxygen atoms in total. The molecular formula is C48H47N. The molecular weight excluding hydrogens is 591 g/mol. The Morgan fingerprint density at radius 2 is 0.939 bits per heavy atom. The monoisotopic (exact) mass is 637 g/mol. The minimum absolute atomic E-state index is 0.0903. The van der Waals surface area contributed by atoms with E-state index in [1.165, 1.54) is 89.4 Å². The number of benzene rings is 6. The second kappa shape index (κ2) is 10.8. The second-order valence-electron chi connectivity index (χ2n) is 16.4. The molecule has 0 heterocycles. The normalized spacial score (nSPS) is 15.0. The third kappa shape index (κ3) is 4.81. The number of anilines is 3. The summed E-state index contributed by atoms with van der Waals surface area (Å²) in [7, 11) is 0. The molecule has 6 aromatic rings. The van der Waals surface area contributed by atoms with Crippen LogP contribution in [-0.2, 0) is 16.2 Å². The number of hydrogen-bond donors (Lipinski definition) is 0. The number of nitrogens with zero attached hydrogens (tertiary/aromatic N) is 1. The SMILES string of the molecule is Cc1ccc(-c2ccccc2N(c2ccc3c(c2)C(C)(C)c2ccccc2-3)c2ccc3c(c2)C(C)(C)c2cc(C(C)(C)C)ccc2-3)c(C)c1. The highest BCUT2D eigenvalue weighted by molar-refractivity contribution is 5.93. The van der Waals surface area contributed by atoms with Crippen molar-refractivity contribution < 1.29 is 0 Å². The van der Waals surface area contributed by atoms with Crippen LogP contribution < -0.4 is 4.90 Å². The number of hydrogen-bond acceptors (Lipinski definition) is 1. The van der Waals surface area contributed by atoms with Gasteiger partial charge in [-0.15, -0.1) is 0 Å². The van der Waals surface area contributed by atoms with Crippen molar-refractivity contribution in [2.75, 3.05) is 4.90 Å². The average molecular weight is 638 g/mol. The fraction of sp³-hybridized carbons (Fsp3) is 0.250. The van der Waals surface area contributed by atoms with Gasteiger partial charge in [-0.25, -0.2) is 0 Å². The lowest BCUT2D eigenvalue weighted by Gasteiger charge is -2.31. The average Bonchev–Trinajstić information content (AvgIpc) is 3.44. The molecule has 0 unspecified atom stereocenters. The Balaban J connectivity index is 1.35. The van der Waals surface area contributed by atoms with Gasteiger partial charge in [0, 0.05) is 27.8 Å². The van der Waals surface area contributed by atoms with Crippen LogP contribution in [0.5, 0.6) is 0 Å². The lowest BCUT2D eigenvalue weighted by Crippen LogP contribution is -2.19. The molecule has 0 radical (unpaired) electrons. The number of rotatable bonds is 4. The molecule has 2 aliphatic carbocycles. The van der Waals surface area contributed by atoms with Crippen molar-refractivity contribution in [3.63, 3.8) is 0 Å². The maximum Gasteiger partial charge on any atom is 0.0540 e. The Bertz CT molecular complexity index is 2290. The first kappa shape index (κ1) is 31.4. The predicted molar refractivity (Wildman–Crippen MR) is 210 cm³/mol. The highest BCUT2D eigenvalue weighted by Gasteiger charge is 2.38. The predicted octanol–water partition coefficient (Wildman–Crippen LogP) is 13.4. The summed E-state index contributed by atoms with van der Waals surface area (Å²) in [6.45, 7) is 20.9. The Kier molecular flexibility index (Phi) is 6.93. The smallest absolute Gasteiger partial charge is 0.0540 e. The van der Waals surface area contributed by atoms with Crippen LogP contribution in [-0.4, -0.2) is 0 Å². The molecule has 244 valence electrons. The first-order valence-electron chi connectivity index (χ1n) is 17.8. The van der Waals surface area contributed by atoms with Crippen LogP contribution >= 0.6 is 0 Å². The summed E-state index contributed by atoms with van der Waals surface area (Å²) in [5.41, 5.74) is 20.9. The van der Waals surface area contributed by atoms with E-state index >= 15 is 0 Å². The third-order valence-electron chi connectivity index (χ3n) is 11.4. The number of aryl methyl sites for hydroxylation is 2. The largest absolute Gasteiger partial charge is 0.310 e. The van der Waals surface area contributed by atoms with Crippen LogP contribution in [0.15, 0.2) is 121 Å². The zero-order chi connectivity index (χ0) is 34.5. The van der Waals surface area contributed by atoms with E-state index < -0.39 is 0 Å². The van der Waals surface area contributed by atoms with Gasteiger partial charge < -0.3 is 4.90 Å². The number of para-hydroxylation sites is 1. The van der Waals surface area contributed by atoms with Gasteiger partial charge in [0.15, 0.2) is 0 Å². The fourth-order valence-corrected chi connectivity index (χ4v) is 8.60. The van der Waals surface area contributed by atoms with E-state index in [-0.39, 0.29) is 16.2 Å². The molecule has 0 bridgehead atoms. The van der Waals surface area contributed by atoms with Crippen LogP contribution in [0.1, 0.15) is 87.4 Å².